The lowest BCUT2D eigenvalue weighted by molar-refractivity contribution is 0.110. The summed E-state index contributed by atoms with van der Waals surface area (Å²) >= 11 is 3.72. The maximum absolute atomic E-state index is 12.3. The van der Waals surface area contributed by atoms with E-state index in [0.717, 1.165) is 6.20 Å². The van der Waals surface area contributed by atoms with E-state index in [1.165, 1.54) is 0 Å². The molecule has 0 saturated heterocycles. The van der Waals surface area contributed by atoms with Gasteiger partial charge in [-0.1, -0.05) is 0 Å². The molecule has 1 aromatic rings. The van der Waals surface area contributed by atoms with Crippen molar-refractivity contribution in [2.45, 2.75) is 6.43 Å². The van der Waals surface area contributed by atoms with Crippen molar-refractivity contribution >= 4 is 51.5 Å². The average Bonchev–Trinajstić information content (AvgIpc) is 2.09. The van der Waals surface area contributed by atoms with E-state index in [1.807, 2.05) is 45.2 Å². The van der Waals surface area contributed by atoms with Gasteiger partial charge in [0.25, 0.3) is 6.43 Å². The van der Waals surface area contributed by atoms with Crippen LogP contribution in [0.1, 0.15) is 22.3 Å². The van der Waals surface area contributed by atoms with Crippen LogP contribution in [0.3, 0.4) is 0 Å². The third-order valence-electron chi connectivity index (χ3n) is 1.40. The van der Waals surface area contributed by atoms with Crippen LogP contribution in [0.2, 0.25) is 0 Å². The number of aromatic nitrogens is 1. The minimum atomic E-state index is -2.65. The summed E-state index contributed by atoms with van der Waals surface area (Å²) in [4.78, 5) is 14.3. The van der Waals surface area contributed by atoms with Crippen LogP contribution in [0.25, 0.3) is 0 Å². The molecule has 0 unspecified atom stereocenters. The average molecular weight is 409 g/mol. The van der Waals surface area contributed by atoms with Gasteiger partial charge in [0.1, 0.15) is 3.70 Å². The first-order valence-electron chi connectivity index (χ1n) is 3.15. The van der Waals surface area contributed by atoms with Gasteiger partial charge in [0, 0.05) is 17.3 Å². The van der Waals surface area contributed by atoms with E-state index in [0.29, 0.717) is 13.6 Å². The van der Waals surface area contributed by atoms with E-state index in [-0.39, 0.29) is 11.1 Å². The Balaban J connectivity index is 3.38. The van der Waals surface area contributed by atoms with Crippen molar-refractivity contribution in [1.29, 1.82) is 0 Å². The Labute approximate surface area is 100 Å². The van der Waals surface area contributed by atoms with E-state index >= 15 is 0 Å². The number of hydrogen-bond acceptors (Lipinski definition) is 2. The molecule has 0 radical (unpaired) electrons. The van der Waals surface area contributed by atoms with Crippen LogP contribution in [-0.4, -0.2) is 11.3 Å². The monoisotopic (exact) mass is 409 g/mol. The number of nitrogens with zero attached hydrogens (tertiary/aromatic N) is 1. The first-order chi connectivity index (χ1) is 6.07. The molecule has 0 fully saturated rings. The minimum Gasteiger partial charge on any atom is -0.298 e. The van der Waals surface area contributed by atoms with Crippen LogP contribution in [0.15, 0.2) is 6.20 Å². The Morgan fingerprint density at radius 2 is 2.08 bits per heavy atom. The molecule has 0 aliphatic carbocycles. The van der Waals surface area contributed by atoms with Gasteiger partial charge >= 0.3 is 0 Å². The third-order valence-corrected chi connectivity index (χ3v) is 4.34. The number of alkyl halides is 2. The van der Waals surface area contributed by atoms with E-state index in [1.54, 1.807) is 0 Å². The molecular weight excluding hydrogens is 406 g/mol. The van der Waals surface area contributed by atoms with Crippen molar-refractivity contribution in [2.24, 2.45) is 0 Å². The Hall–Kier alpha value is 0.140. The second kappa shape index (κ2) is 4.58. The lowest BCUT2D eigenvalue weighted by Gasteiger charge is -2.05. The van der Waals surface area contributed by atoms with E-state index < -0.39 is 6.43 Å². The molecule has 0 aliphatic rings. The summed E-state index contributed by atoms with van der Waals surface area (Å²) < 4.78 is 25.7. The summed E-state index contributed by atoms with van der Waals surface area (Å²) in [5, 5.41) is 0. The molecule has 0 spiro atoms. The van der Waals surface area contributed by atoms with Crippen LogP contribution >= 0.6 is 45.2 Å². The van der Waals surface area contributed by atoms with Gasteiger partial charge in [-0.15, -0.1) is 0 Å². The van der Waals surface area contributed by atoms with Gasteiger partial charge in [-0.05, 0) is 45.2 Å². The number of carbonyl (C=O) groups is 1. The zero-order chi connectivity index (χ0) is 10.0. The largest absolute Gasteiger partial charge is 0.298 e. The third kappa shape index (κ3) is 2.33. The highest BCUT2D eigenvalue weighted by molar-refractivity contribution is 14.1. The van der Waals surface area contributed by atoms with Crippen LogP contribution in [0.5, 0.6) is 0 Å². The van der Waals surface area contributed by atoms with Gasteiger partial charge in [0.05, 0.1) is 3.57 Å². The predicted octanol–water partition coefficient (Wildman–Crippen LogP) is 3.04. The Morgan fingerprint density at radius 1 is 1.46 bits per heavy atom. The van der Waals surface area contributed by atoms with Crippen molar-refractivity contribution in [2.75, 3.05) is 0 Å². The topological polar surface area (TPSA) is 30.0 Å². The lowest BCUT2D eigenvalue weighted by Crippen LogP contribution is -2.01. The molecule has 0 bridgehead atoms. The van der Waals surface area contributed by atoms with Crippen LogP contribution in [0.4, 0.5) is 8.78 Å². The maximum Gasteiger partial charge on any atom is 0.266 e. The molecule has 1 rings (SSSR count). The Morgan fingerprint density at radius 3 is 2.54 bits per heavy atom. The quantitative estimate of drug-likeness (QED) is 0.427. The van der Waals surface area contributed by atoms with Gasteiger partial charge in [0.2, 0.25) is 0 Å². The molecule has 0 aliphatic heterocycles. The number of hydrogen-bond donors (Lipinski definition) is 0. The second-order valence-corrected chi connectivity index (χ2v) is 4.25. The standard InChI is InChI=1S/C7H3F2I2NO/c8-6(9)3-1-12-7(11)5(10)4(3)2-13/h1-2,6H. The molecule has 0 N–H and O–H groups in total. The highest BCUT2D eigenvalue weighted by Gasteiger charge is 2.17. The molecule has 0 amide bonds. The molecule has 0 atom stereocenters. The molecule has 70 valence electrons. The Bertz CT molecular complexity index is 344. The number of aldehydes is 1. The fourth-order valence-corrected chi connectivity index (χ4v) is 1.79. The zero-order valence-electron chi connectivity index (χ0n) is 6.10. The van der Waals surface area contributed by atoms with Crippen LogP contribution in [-0.2, 0) is 0 Å². The molecule has 2 nitrogen and oxygen atoms in total. The summed E-state index contributed by atoms with van der Waals surface area (Å²) in [7, 11) is 0. The summed E-state index contributed by atoms with van der Waals surface area (Å²) in [5.41, 5.74) is -0.269. The van der Waals surface area contributed by atoms with Gasteiger partial charge in [0.15, 0.2) is 6.29 Å². The SMILES string of the molecule is O=Cc1c(C(F)F)cnc(I)c1I. The fraction of sp³-hybridized carbons (Fsp3) is 0.143. The number of rotatable bonds is 2. The van der Waals surface area contributed by atoms with Gasteiger partial charge < -0.3 is 0 Å². The Kier molecular flexibility index (Phi) is 3.95. The normalized spacial score (nSPS) is 10.5. The fourth-order valence-electron chi connectivity index (χ4n) is 0.784. The van der Waals surface area contributed by atoms with Crippen molar-refractivity contribution in [1.82, 2.24) is 4.98 Å². The molecule has 13 heavy (non-hydrogen) atoms. The molecular formula is C7H3F2I2NO. The lowest BCUT2D eigenvalue weighted by atomic mass is 10.2. The van der Waals surface area contributed by atoms with E-state index in [4.69, 9.17) is 0 Å². The van der Waals surface area contributed by atoms with E-state index in [9.17, 15) is 13.6 Å². The van der Waals surface area contributed by atoms with Crippen molar-refractivity contribution in [3.63, 3.8) is 0 Å². The minimum absolute atomic E-state index is 0.0370. The number of carbonyl (C=O) groups excluding carboxylic acids is 1. The molecule has 1 heterocycles. The smallest absolute Gasteiger partial charge is 0.266 e. The molecule has 1 aromatic heterocycles. The maximum atomic E-state index is 12.3. The first kappa shape index (κ1) is 11.2. The number of pyridine rings is 1. The highest BCUT2D eigenvalue weighted by atomic mass is 127. The van der Waals surface area contributed by atoms with Crippen molar-refractivity contribution in [3.8, 4) is 0 Å². The molecule has 0 saturated carbocycles. The summed E-state index contributed by atoms with van der Waals surface area (Å²) in [6.45, 7) is 0. The second-order valence-electron chi connectivity index (χ2n) is 2.15. The summed E-state index contributed by atoms with van der Waals surface area (Å²) in [6.07, 6.45) is -1.18. The first-order valence-corrected chi connectivity index (χ1v) is 5.31. The molecule has 0 aromatic carbocycles. The summed E-state index contributed by atoms with van der Waals surface area (Å²) in [6, 6.07) is 0. The van der Waals surface area contributed by atoms with Crippen molar-refractivity contribution < 1.29 is 13.6 Å². The van der Waals surface area contributed by atoms with Crippen molar-refractivity contribution in [3.05, 3.63) is 24.6 Å². The summed E-state index contributed by atoms with van der Waals surface area (Å²) in [5.74, 6) is 0. The highest BCUT2D eigenvalue weighted by Crippen LogP contribution is 2.26. The van der Waals surface area contributed by atoms with E-state index in [2.05, 4.69) is 4.98 Å². The van der Waals surface area contributed by atoms with Gasteiger partial charge in [-0.3, -0.25) is 4.79 Å². The zero-order valence-corrected chi connectivity index (χ0v) is 10.4. The molecule has 6 heteroatoms. The number of halogens is 4. The van der Waals surface area contributed by atoms with Gasteiger partial charge in [-0.2, -0.15) is 0 Å². The van der Waals surface area contributed by atoms with Crippen LogP contribution in [0, 0.1) is 7.27 Å². The van der Waals surface area contributed by atoms with Gasteiger partial charge in [-0.25, -0.2) is 13.8 Å². The predicted molar refractivity (Wildman–Crippen MR) is 60.0 cm³/mol. The van der Waals surface area contributed by atoms with Crippen LogP contribution < -0.4 is 0 Å².